The highest BCUT2D eigenvalue weighted by Gasteiger charge is 2.43. The molecule has 4 rings (SSSR count). The largest absolute Gasteiger partial charge is 0.326 e. The van der Waals surface area contributed by atoms with E-state index in [1.165, 1.54) is 0 Å². The maximum Gasteiger partial charge on any atom is 0.247 e. The van der Waals surface area contributed by atoms with Gasteiger partial charge in [0, 0.05) is 23.5 Å². The molecule has 0 bridgehead atoms. The van der Waals surface area contributed by atoms with Crippen LogP contribution in [0.2, 0.25) is 0 Å². The maximum absolute atomic E-state index is 13.0. The second kappa shape index (κ2) is 6.16. The summed E-state index contributed by atoms with van der Waals surface area (Å²) in [5.74, 6) is -0.321. The van der Waals surface area contributed by atoms with Crippen LogP contribution in [-0.2, 0) is 4.79 Å². The first-order valence-corrected chi connectivity index (χ1v) is 7.80. The number of tetrazole rings is 1. The average Bonchev–Trinajstić information content (AvgIpc) is 3.10. The standard InChI is InChI=1S/C17H15N7O/c1-11-14(16(25)20-12-7-3-2-4-8-12)15(13-9-5-6-10-18-13)24-17(19-11)21-22-23-24/h2-10,14-15H,1H2,(H,20,25)(H,19,21,23)/p+1. The summed E-state index contributed by atoms with van der Waals surface area (Å²) in [6, 6.07) is 14.5. The molecule has 0 radical (unpaired) electrons. The van der Waals surface area contributed by atoms with Crippen LogP contribution in [0.25, 0.3) is 0 Å². The third-order valence-corrected chi connectivity index (χ3v) is 4.10. The molecular formula is C17H16N7O+. The van der Waals surface area contributed by atoms with Crippen molar-refractivity contribution in [2.75, 3.05) is 10.6 Å². The molecule has 0 aliphatic carbocycles. The first-order valence-electron chi connectivity index (χ1n) is 7.80. The molecule has 3 aromatic rings. The van der Waals surface area contributed by atoms with Crippen molar-refractivity contribution >= 4 is 17.5 Å². The van der Waals surface area contributed by atoms with Gasteiger partial charge in [-0.15, -0.1) is 0 Å². The van der Waals surface area contributed by atoms with Gasteiger partial charge in [0.2, 0.25) is 17.5 Å². The van der Waals surface area contributed by atoms with E-state index in [1.807, 2.05) is 48.5 Å². The number of para-hydroxylation sites is 1. The molecule has 3 heterocycles. The Morgan fingerprint density at radius 1 is 1.20 bits per heavy atom. The lowest BCUT2D eigenvalue weighted by Gasteiger charge is -2.30. The van der Waals surface area contributed by atoms with Gasteiger partial charge in [-0.25, -0.2) is 4.98 Å². The first-order chi connectivity index (χ1) is 12.2. The Kier molecular flexibility index (Phi) is 3.70. The van der Waals surface area contributed by atoms with Crippen molar-refractivity contribution in [2.24, 2.45) is 5.92 Å². The van der Waals surface area contributed by atoms with Crippen molar-refractivity contribution in [3.05, 3.63) is 72.7 Å². The Bertz CT molecular complexity index is 907. The van der Waals surface area contributed by atoms with E-state index in [1.54, 1.807) is 10.9 Å². The van der Waals surface area contributed by atoms with Gasteiger partial charge >= 0.3 is 0 Å². The molecule has 2 aromatic heterocycles. The van der Waals surface area contributed by atoms with Crippen LogP contribution in [0.4, 0.5) is 11.6 Å². The Balaban J connectivity index is 1.74. The molecule has 8 heteroatoms. The van der Waals surface area contributed by atoms with E-state index >= 15 is 0 Å². The molecular weight excluding hydrogens is 318 g/mol. The van der Waals surface area contributed by atoms with Crippen LogP contribution in [-0.4, -0.2) is 26.1 Å². The minimum atomic E-state index is -0.588. The molecule has 1 aliphatic rings. The summed E-state index contributed by atoms with van der Waals surface area (Å²) in [5, 5.41) is 17.6. The molecule has 0 spiro atoms. The number of hydrogen-bond acceptors (Lipinski definition) is 5. The number of carbonyl (C=O) groups is 1. The number of benzene rings is 1. The van der Waals surface area contributed by atoms with Crippen molar-refractivity contribution < 1.29 is 9.78 Å². The van der Waals surface area contributed by atoms with E-state index in [9.17, 15) is 4.79 Å². The highest BCUT2D eigenvalue weighted by atomic mass is 16.2. The second-order valence-corrected chi connectivity index (χ2v) is 5.69. The number of anilines is 2. The van der Waals surface area contributed by atoms with E-state index in [0.717, 1.165) is 11.4 Å². The van der Waals surface area contributed by atoms with E-state index < -0.39 is 12.0 Å². The zero-order chi connectivity index (χ0) is 17.2. The molecule has 1 aliphatic heterocycles. The number of H-pyrrole nitrogens is 1. The number of carbonyl (C=O) groups excluding carboxylic acids is 1. The Morgan fingerprint density at radius 3 is 2.76 bits per heavy atom. The van der Waals surface area contributed by atoms with Gasteiger partial charge in [-0.05, 0) is 22.6 Å². The number of aromatic nitrogens is 5. The summed E-state index contributed by atoms with van der Waals surface area (Å²) in [4.78, 5) is 16.2. The Labute approximate surface area is 143 Å². The van der Waals surface area contributed by atoms with Gasteiger partial charge in [0.1, 0.15) is 5.92 Å². The molecule has 2 unspecified atom stereocenters. The van der Waals surface area contributed by atoms with Crippen LogP contribution < -0.4 is 15.6 Å². The maximum atomic E-state index is 13.0. The number of hydrogen-bond donors (Lipinski definition) is 2. The Hall–Kier alpha value is -3.55. The number of pyridine rings is 1. The fourth-order valence-electron chi connectivity index (χ4n) is 2.96. The van der Waals surface area contributed by atoms with E-state index in [-0.39, 0.29) is 5.91 Å². The highest BCUT2D eigenvalue weighted by Crippen LogP contribution is 2.35. The minimum Gasteiger partial charge on any atom is -0.326 e. The van der Waals surface area contributed by atoms with Gasteiger partial charge < -0.3 is 10.6 Å². The van der Waals surface area contributed by atoms with Gasteiger partial charge in [-0.2, -0.15) is 4.68 Å². The van der Waals surface area contributed by atoms with E-state index in [0.29, 0.717) is 11.6 Å². The van der Waals surface area contributed by atoms with Gasteiger partial charge in [0.25, 0.3) is 0 Å². The van der Waals surface area contributed by atoms with Crippen LogP contribution in [0.1, 0.15) is 11.7 Å². The lowest BCUT2D eigenvalue weighted by Crippen LogP contribution is -2.41. The summed E-state index contributed by atoms with van der Waals surface area (Å²) < 4.78 is 1.59. The summed E-state index contributed by atoms with van der Waals surface area (Å²) in [5.41, 5.74) is 2.07. The third kappa shape index (κ3) is 2.74. The smallest absolute Gasteiger partial charge is 0.247 e. The van der Waals surface area contributed by atoms with Crippen LogP contribution in [0.5, 0.6) is 0 Å². The van der Waals surface area contributed by atoms with Gasteiger partial charge in [-0.3, -0.25) is 4.79 Å². The summed E-state index contributed by atoms with van der Waals surface area (Å²) >= 11 is 0. The molecule has 25 heavy (non-hydrogen) atoms. The summed E-state index contributed by atoms with van der Waals surface area (Å²) in [7, 11) is 0. The third-order valence-electron chi connectivity index (χ3n) is 4.10. The topological polar surface area (TPSA) is 98.9 Å². The van der Waals surface area contributed by atoms with Crippen LogP contribution in [0, 0.1) is 5.92 Å². The Morgan fingerprint density at radius 2 is 2.00 bits per heavy atom. The number of aromatic amines is 1. The molecule has 1 amide bonds. The predicted octanol–water partition coefficient (Wildman–Crippen LogP) is 1.27. The van der Waals surface area contributed by atoms with Crippen LogP contribution >= 0.6 is 0 Å². The lowest BCUT2D eigenvalue weighted by molar-refractivity contribution is -0.394. The molecule has 2 atom stereocenters. The lowest BCUT2D eigenvalue weighted by atomic mass is 9.91. The molecule has 0 saturated carbocycles. The highest BCUT2D eigenvalue weighted by molar-refractivity contribution is 5.95. The average molecular weight is 334 g/mol. The van der Waals surface area contributed by atoms with Gasteiger partial charge in [-0.1, -0.05) is 35.9 Å². The summed E-state index contributed by atoms with van der Waals surface area (Å²) in [6.07, 6.45) is 1.80. The SMILES string of the molecule is C=C1Nc2nnnn2C(c2cccc[nH+]2)C1C(=O)Nc1ccccc1. The van der Waals surface area contributed by atoms with Gasteiger partial charge in [0.15, 0.2) is 12.2 Å². The van der Waals surface area contributed by atoms with Crippen molar-refractivity contribution in [1.29, 1.82) is 0 Å². The predicted molar refractivity (Wildman–Crippen MR) is 90.3 cm³/mol. The molecule has 8 nitrogen and oxygen atoms in total. The van der Waals surface area contributed by atoms with E-state index in [2.05, 4.69) is 37.7 Å². The summed E-state index contributed by atoms with van der Waals surface area (Å²) in [6.45, 7) is 4.02. The normalized spacial score (nSPS) is 19.0. The number of amides is 1. The molecule has 1 aromatic carbocycles. The quantitative estimate of drug-likeness (QED) is 0.751. The van der Waals surface area contributed by atoms with Gasteiger partial charge in [0.05, 0.1) is 0 Å². The van der Waals surface area contributed by atoms with Crippen molar-refractivity contribution in [1.82, 2.24) is 20.2 Å². The second-order valence-electron chi connectivity index (χ2n) is 5.69. The zero-order valence-corrected chi connectivity index (χ0v) is 13.3. The number of rotatable bonds is 3. The molecule has 124 valence electrons. The van der Waals surface area contributed by atoms with Crippen LogP contribution in [0.15, 0.2) is 67.0 Å². The molecule has 0 saturated heterocycles. The fraction of sp³-hybridized carbons (Fsp3) is 0.118. The number of fused-ring (bicyclic) bond motifs is 1. The molecule has 3 N–H and O–H groups in total. The monoisotopic (exact) mass is 334 g/mol. The minimum absolute atomic E-state index is 0.188. The fourth-order valence-corrected chi connectivity index (χ4v) is 2.96. The number of nitrogens with zero attached hydrogens (tertiary/aromatic N) is 4. The van der Waals surface area contributed by atoms with Crippen LogP contribution in [0.3, 0.4) is 0 Å². The zero-order valence-electron chi connectivity index (χ0n) is 13.3. The molecule has 0 fully saturated rings. The van der Waals surface area contributed by atoms with Crippen molar-refractivity contribution in [3.63, 3.8) is 0 Å². The van der Waals surface area contributed by atoms with E-state index in [4.69, 9.17) is 0 Å². The first kappa shape index (κ1) is 15.0. The van der Waals surface area contributed by atoms with Crippen molar-refractivity contribution in [2.45, 2.75) is 6.04 Å². The van der Waals surface area contributed by atoms with Crippen molar-refractivity contribution in [3.8, 4) is 0 Å². The number of nitrogens with one attached hydrogen (secondary N) is 3.